The van der Waals surface area contributed by atoms with Crippen LogP contribution in [0.25, 0.3) is 0 Å². The number of carbonyl (C=O) groups excluding carboxylic acids is 1. The Hall–Kier alpha value is -2.04. The number of H-pyrrole nitrogens is 1. The lowest BCUT2D eigenvalue weighted by Crippen LogP contribution is -2.09. The van der Waals surface area contributed by atoms with E-state index in [0.29, 0.717) is 5.69 Å². The van der Waals surface area contributed by atoms with Gasteiger partial charge in [0.2, 0.25) is 0 Å². The maximum Gasteiger partial charge on any atom is 0.291 e. The predicted octanol–water partition coefficient (Wildman–Crippen LogP) is 1.25. The molecular formula is C8H7N3O2. The Bertz CT molecular complexity index is 377. The lowest BCUT2D eigenvalue weighted by atomic mass is 10.4. The highest BCUT2D eigenvalue weighted by Crippen LogP contribution is 2.06. The number of nitrogens with one attached hydrogen (secondary N) is 2. The number of furan rings is 1. The highest BCUT2D eigenvalue weighted by molar-refractivity contribution is 6.01. The smallest absolute Gasteiger partial charge is 0.291 e. The third-order valence-corrected chi connectivity index (χ3v) is 1.50. The minimum Gasteiger partial charge on any atom is -0.459 e. The Balaban J connectivity index is 2.08. The van der Waals surface area contributed by atoms with Crippen molar-refractivity contribution in [2.75, 3.05) is 5.32 Å². The summed E-state index contributed by atoms with van der Waals surface area (Å²) in [5, 5.41) is 8.87. The Morgan fingerprint density at radius 1 is 1.62 bits per heavy atom. The van der Waals surface area contributed by atoms with E-state index >= 15 is 0 Å². The molecule has 1 amide bonds. The first-order valence-electron chi connectivity index (χ1n) is 3.70. The van der Waals surface area contributed by atoms with E-state index in [4.69, 9.17) is 4.42 Å². The molecule has 13 heavy (non-hydrogen) atoms. The number of nitrogens with zero attached hydrogens (tertiary/aromatic N) is 1. The highest BCUT2D eigenvalue weighted by Gasteiger charge is 2.08. The molecule has 0 aromatic carbocycles. The van der Waals surface area contributed by atoms with Gasteiger partial charge in [0.05, 0.1) is 18.1 Å². The summed E-state index contributed by atoms with van der Waals surface area (Å²) in [4.78, 5) is 11.3. The molecule has 0 unspecified atom stereocenters. The Morgan fingerprint density at radius 2 is 2.54 bits per heavy atom. The van der Waals surface area contributed by atoms with Gasteiger partial charge in [-0.15, -0.1) is 0 Å². The molecule has 2 heterocycles. The van der Waals surface area contributed by atoms with Gasteiger partial charge in [0.25, 0.3) is 5.91 Å². The summed E-state index contributed by atoms with van der Waals surface area (Å²) in [5.41, 5.74) is 0.612. The van der Waals surface area contributed by atoms with Gasteiger partial charge >= 0.3 is 0 Å². The molecule has 0 saturated carbocycles. The van der Waals surface area contributed by atoms with Crippen molar-refractivity contribution in [3.8, 4) is 0 Å². The molecule has 0 radical (unpaired) electrons. The molecule has 0 aliphatic carbocycles. The summed E-state index contributed by atoms with van der Waals surface area (Å²) in [6.07, 6.45) is 4.55. The second-order valence-corrected chi connectivity index (χ2v) is 2.42. The van der Waals surface area contributed by atoms with Crippen molar-refractivity contribution in [1.29, 1.82) is 0 Å². The number of aromatic nitrogens is 2. The summed E-state index contributed by atoms with van der Waals surface area (Å²) in [7, 11) is 0. The van der Waals surface area contributed by atoms with Crippen molar-refractivity contribution < 1.29 is 9.21 Å². The van der Waals surface area contributed by atoms with Gasteiger partial charge in [-0.3, -0.25) is 9.89 Å². The molecule has 2 rings (SSSR count). The quantitative estimate of drug-likeness (QED) is 0.725. The van der Waals surface area contributed by atoms with E-state index in [2.05, 4.69) is 15.5 Å². The van der Waals surface area contributed by atoms with Crippen LogP contribution in [-0.2, 0) is 0 Å². The van der Waals surface area contributed by atoms with Crippen LogP contribution < -0.4 is 5.32 Å². The van der Waals surface area contributed by atoms with Crippen molar-refractivity contribution in [2.45, 2.75) is 0 Å². The molecule has 5 heteroatoms. The molecule has 2 N–H and O–H groups in total. The van der Waals surface area contributed by atoms with Gasteiger partial charge in [-0.2, -0.15) is 5.10 Å². The zero-order valence-electron chi connectivity index (χ0n) is 6.65. The van der Waals surface area contributed by atoms with E-state index in [1.807, 2.05) is 0 Å². The fraction of sp³-hybridized carbons (Fsp3) is 0. The van der Waals surface area contributed by atoms with E-state index in [1.165, 1.54) is 12.5 Å². The van der Waals surface area contributed by atoms with Crippen molar-refractivity contribution in [1.82, 2.24) is 10.2 Å². The number of anilines is 1. The first-order valence-corrected chi connectivity index (χ1v) is 3.70. The van der Waals surface area contributed by atoms with Crippen LogP contribution in [0.4, 0.5) is 5.69 Å². The molecule has 0 saturated heterocycles. The average molecular weight is 177 g/mol. The van der Waals surface area contributed by atoms with Crippen LogP contribution in [0.15, 0.2) is 35.2 Å². The zero-order chi connectivity index (χ0) is 9.10. The van der Waals surface area contributed by atoms with Gasteiger partial charge in [0, 0.05) is 6.20 Å². The highest BCUT2D eigenvalue weighted by atomic mass is 16.3. The van der Waals surface area contributed by atoms with Crippen LogP contribution in [0.3, 0.4) is 0 Å². The summed E-state index contributed by atoms with van der Waals surface area (Å²) in [6, 6.07) is 3.25. The third kappa shape index (κ3) is 1.58. The first-order chi connectivity index (χ1) is 6.36. The van der Waals surface area contributed by atoms with Gasteiger partial charge in [0.1, 0.15) is 0 Å². The average Bonchev–Trinajstić information content (AvgIpc) is 2.74. The first kappa shape index (κ1) is 7.60. The normalized spacial score (nSPS) is 9.85. The van der Waals surface area contributed by atoms with Gasteiger partial charge in [-0.1, -0.05) is 0 Å². The summed E-state index contributed by atoms with van der Waals surface area (Å²) in [5.74, 6) is -0.00685. The molecule has 2 aromatic rings. The molecule has 0 aliphatic heterocycles. The number of hydrogen-bond donors (Lipinski definition) is 2. The Morgan fingerprint density at radius 3 is 3.15 bits per heavy atom. The Kier molecular flexibility index (Phi) is 1.84. The van der Waals surface area contributed by atoms with Crippen LogP contribution in [0.1, 0.15) is 10.6 Å². The lowest BCUT2D eigenvalue weighted by molar-refractivity contribution is 0.0996. The van der Waals surface area contributed by atoms with Gasteiger partial charge in [0.15, 0.2) is 5.76 Å². The van der Waals surface area contributed by atoms with Crippen LogP contribution in [0.5, 0.6) is 0 Å². The molecular weight excluding hydrogens is 170 g/mol. The second kappa shape index (κ2) is 3.14. The van der Waals surface area contributed by atoms with Crippen molar-refractivity contribution in [2.24, 2.45) is 0 Å². The summed E-state index contributed by atoms with van der Waals surface area (Å²) >= 11 is 0. The molecule has 2 aromatic heterocycles. The predicted molar refractivity (Wildman–Crippen MR) is 45.2 cm³/mol. The SMILES string of the molecule is O=C(Nc1cn[nH]c1)c1ccco1. The van der Waals surface area contributed by atoms with Crippen LogP contribution in [0, 0.1) is 0 Å². The van der Waals surface area contributed by atoms with Gasteiger partial charge in [-0.25, -0.2) is 0 Å². The van der Waals surface area contributed by atoms with E-state index in [0.717, 1.165) is 0 Å². The standard InChI is InChI=1S/C8H7N3O2/c12-8(7-2-1-3-13-7)11-6-4-9-10-5-6/h1-5H,(H,9,10)(H,11,12). The third-order valence-electron chi connectivity index (χ3n) is 1.50. The molecule has 5 nitrogen and oxygen atoms in total. The zero-order valence-corrected chi connectivity index (χ0v) is 6.65. The van der Waals surface area contributed by atoms with Crippen LogP contribution in [-0.4, -0.2) is 16.1 Å². The topological polar surface area (TPSA) is 70.9 Å². The van der Waals surface area contributed by atoms with E-state index < -0.39 is 0 Å². The lowest BCUT2D eigenvalue weighted by Gasteiger charge is -1.96. The van der Waals surface area contributed by atoms with Crippen molar-refractivity contribution >= 4 is 11.6 Å². The van der Waals surface area contributed by atoms with Crippen molar-refractivity contribution in [3.05, 3.63) is 36.5 Å². The minimum atomic E-state index is -0.286. The van der Waals surface area contributed by atoms with E-state index in [1.54, 1.807) is 18.3 Å². The fourth-order valence-corrected chi connectivity index (χ4v) is 0.920. The number of amides is 1. The van der Waals surface area contributed by atoms with E-state index in [9.17, 15) is 4.79 Å². The molecule has 0 atom stereocenters. The molecule has 0 aliphatic rings. The van der Waals surface area contributed by atoms with E-state index in [-0.39, 0.29) is 11.7 Å². The van der Waals surface area contributed by atoms with Crippen molar-refractivity contribution in [3.63, 3.8) is 0 Å². The van der Waals surface area contributed by atoms with Gasteiger partial charge < -0.3 is 9.73 Å². The molecule has 0 spiro atoms. The van der Waals surface area contributed by atoms with Crippen LogP contribution in [0.2, 0.25) is 0 Å². The largest absolute Gasteiger partial charge is 0.459 e. The van der Waals surface area contributed by atoms with Gasteiger partial charge in [-0.05, 0) is 12.1 Å². The summed E-state index contributed by atoms with van der Waals surface area (Å²) in [6.45, 7) is 0. The minimum absolute atomic E-state index is 0.279. The Labute approximate surface area is 73.8 Å². The van der Waals surface area contributed by atoms with Crippen LogP contribution >= 0.6 is 0 Å². The molecule has 0 fully saturated rings. The monoisotopic (exact) mass is 177 g/mol. The molecule has 0 bridgehead atoms. The number of rotatable bonds is 2. The molecule has 66 valence electrons. The maximum atomic E-state index is 11.3. The number of hydrogen-bond acceptors (Lipinski definition) is 3. The summed E-state index contributed by atoms with van der Waals surface area (Å²) < 4.78 is 4.90. The maximum absolute atomic E-state index is 11.3. The number of aromatic amines is 1. The second-order valence-electron chi connectivity index (χ2n) is 2.42. The number of carbonyl (C=O) groups is 1. The fourth-order valence-electron chi connectivity index (χ4n) is 0.920.